The summed E-state index contributed by atoms with van der Waals surface area (Å²) in [4.78, 5) is 82.3. The number of fused-ring (bicyclic) bond motifs is 4. The number of rotatable bonds is 20. The number of para-hydroxylation sites is 1. The topological polar surface area (TPSA) is 213 Å². The van der Waals surface area contributed by atoms with Gasteiger partial charge in [-0.2, -0.15) is 0 Å². The van der Waals surface area contributed by atoms with Crippen LogP contribution in [0.2, 0.25) is 0 Å². The maximum atomic E-state index is 13.3. The van der Waals surface area contributed by atoms with Gasteiger partial charge in [0.05, 0.1) is 81.4 Å². The molecule has 4 aromatic rings. The van der Waals surface area contributed by atoms with Gasteiger partial charge in [-0.25, -0.2) is 4.98 Å². The molecule has 0 saturated carbocycles. The fraction of sp³-hybridized carbons (Fsp3) is 0.327. The average molecular weight is 899 g/mol. The van der Waals surface area contributed by atoms with Crippen molar-refractivity contribution in [3.63, 3.8) is 0 Å². The van der Waals surface area contributed by atoms with E-state index in [9.17, 15) is 28.8 Å². The number of carbonyl (C=O) groups excluding carboxylic acids is 6. The number of imide groups is 2. The molecule has 4 heterocycles. The summed E-state index contributed by atoms with van der Waals surface area (Å²) in [5.74, 6) is -1.90. The zero-order valence-electron chi connectivity index (χ0n) is 36.4. The minimum Gasteiger partial charge on any atom is -0.493 e. The normalized spacial score (nSPS) is 16.4. The minimum atomic E-state index is -1.04. The molecule has 17 nitrogen and oxygen atoms in total. The Balaban J connectivity index is 0.747. The molecule has 1 aliphatic carbocycles. The summed E-state index contributed by atoms with van der Waals surface area (Å²) >= 11 is 0. The van der Waals surface area contributed by atoms with Crippen LogP contribution >= 0.6 is 0 Å². The number of hydrogen-bond acceptors (Lipinski definition) is 13. The number of ether oxygens (including phenoxy) is 5. The number of hydrogen-bond donors (Lipinski definition) is 4. The van der Waals surface area contributed by atoms with Crippen molar-refractivity contribution in [2.75, 3.05) is 77.1 Å². The Bertz CT molecular complexity index is 2610. The molecular formula is C49H50N6O11. The maximum absolute atomic E-state index is 13.3. The molecule has 3 aliphatic heterocycles. The molecule has 1 unspecified atom stereocenters. The Hall–Kier alpha value is -7.21. The number of carbonyl (C=O) groups is 6. The fourth-order valence-corrected chi connectivity index (χ4v) is 8.21. The fourth-order valence-electron chi connectivity index (χ4n) is 8.21. The molecule has 0 spiro atoms. The average Bonchev–Trinajstić information content (AvgIpc) is 3.48. The molecule has 1 atom stereocenters. The molecule has 4 aliphatic rings. The van der Waals surface area contributed by atoms with E-state index < -0.39 is 29.7 Å². The van der Waals surface area contributed by atoms with Gasteiger partial charge in [-0.15, -0.1) is 0 Å². The monoisotopic (exact) mass is 898 g/mol. The molecule has 1 aromatic heterocycles. The summed E-state index contributed by atoms with van der Waals surface area (Å²) in [5.41, 5.74) is 7.32. The number of aromatic nitrogens is 1. The molecule has 3 aromatic carbocycles. The molecule has 66 heavy (non-hydrogen) atoms. The number of benzene rings is 3. The quantitative estimate of drug-likeness (QED) is 0.0700. The third kappa shape index (κ3) is 10.3. The molecule has 1 saturated heterocycles. The van der Waals surface area contributed by atoms with E-state index in [0.717, 1.165) is 57.0 Å². The zero-order chi connectivity index (χ0) is 46.0. The first-order valence-electron chi connectivity index (χ1n) is 21.9. The van der Waals surface area contributed by atoms with Gasteiger partial charge in [-0.1, -0.05) is 48.6 Å². The second kappa shape index (κ2) is 21.2. The Morgan fingerprint density at radius 3 is 2.33 bits per heavy atom. The number of anilines is 2. The van der Waals surface area contributed by atoms with Crippen LogP contribution in [0.3, 0.4) is 0 Å². The summed E-state index contributed by atoms with van der Waals surface area (Å²) in [5, 5.41) is 11.2. The van der Waals surface area contributed by atoms with Gasteiger partial charge in [0.15, 0.2) is 18.1 Å². The van der Waals surface area contributed by atoms with E-state index in [2.05, 4.69) is 39.5 Å². The third-order valence-corrected chi connectivity index (χ3v) is 11.4. The molecule has 342 valence electrons. The van der Waals surface area contributed by atoms with Gasteiger partial charge in [0, 0.05) is 30.8 Å². The lowest BCUT2D eigenvalue weighted by Crippen LogP contribution is -2.54. The van der Waals surface area contributed by atoms with Crippen LogP contribution in [-0.4, -0.2) is 118 Å². The molecule has 6 amide bonds. The lowest BCUT2D eigenvalue weighted by Gasteiger charge is -2.27. The SMILES string of the molecule is COc1ccc(-c2cc(C3=CCCC=C3)nc3c2CC(=O)Nc2ccccc2-3)cc1OCC(=O)NCCOCCOCCOCCNc1cccc2c1C(=O)N(C1CCC(=O)NC1=O)C2=O. The molecule has 0 radical (unpaired) electrons. The van der Waals surface area contributed by atoms with E-state index in [1.165, 1.54) is 13.2 Å². The summed E-state index contributed by atoms with van der Waals surface area (Å²) < 4.78 is 28.4. The predicted octanol–water partition coefficient (Wildman–Crippen LogP) is 4.71. The van der Waals surface area contributed by atoms with Crippen molar-refractivity contribution in [3.05, 3.63) is 107 Å². The third-order valence-electron chi connectivity index (χ3n) is 11.4. The van der Waals surface area contributed by atoms with Crippen LogP contribution < -0.4 is 30.7 Å². The molecule has 8 rings (SSSR count). The van der Waals surface area contributed by atoms with Crippen molar-refractivity contribution < 1.29 is 52.5 Å². The summed E-state index contributed by atoms with van der Waals surface area (Å²) in [6.45, 7) is 2.15. The number of nitrogens with zero attached hydrogens (tertiary/aromatic N) is 2. The molecule has 0 bridgehead atoms. The van der Waals surface area contributed by atoms with Gasteiger partial charge >= 0.3 is 0 Å². The molecule has 1 fully saturated rings. The smallest absolute Gasteiger partial charge is 0.264 e. The minimum absolute atomic E-state index is 0.0475. The number of nitrogens with one attached hydrogen (secondary N) is 4. The summed E-state index contributed by atoms with van der Waals surface area (Å²) in [6, 6.07) is 19.0. The van der Waals surface area contributed by atoms with Crippen molar-refractivity contribution in [2.24, 2.45) is 0 Å². The van der Waals surface area contributed by atoms with Crippen LogP contribution in [0.1, 0.15) is 57.7 Å². The molecule has 4 N–H and O–H groups in total. The Morgan fingerprint density at radius 2 is 1.56 bits per heavy atom. The van der Waals surface area contributed by atoms with Crippen LogP contribution in [0.5, 0.6) is 11.5 Å². The maximum Gasteiger partial charge on any atom is 0.264 e. The van der Waals surface area contributed by atoms with E-state index in [4.69, 9.17) is 28.7 Å². The number of allylic oxidation sites excluding steroid dienone is 4. The Kier molecular flexibility index (Phi) is 14.6. The van der Waals surface area contributed by atoms with E-state index >= 15 is 0 Å². The Labute approximate surface area is 380 Å². The lowest BCUT2D eigenvalue weighted by molar-refractivity contribution is -0.136. The Morgan fingerprint density at radius 1 is 0.788 bits per heavy atom. The second-order valence-corrected chi connectivity index (χ2v) is 15.7. The van der Waals surface area contributed by atoms with Crippen LogP contribution in [0.25, 0.3) is 28.0 Å². The lowest BCUT2D eigenvalue weighted by atomic mass is 9.91. The van der Waals surface area contributed by atoms with Crippen molar-refractivity contribution in [1.82, 2.24) is 20.5 Å². The largest absolute Gasteiger partial charge is 0.493 e. The van der Waals surface area contributed by atoms with Crippen LogP contribution in [0, 0.1) is 0 Å². The zero-order valence-corrected chi connectivity index (χ0v) is 36.4. The van der Waals surface area contributed by atoms with E-state index in [0.29, 0.717) is 62.5 Å². The standard InChI is InChI=1S/C49H50N6O11/c1-62-40-16-14-31(34-27-38(30-8-3-2-4-9-30)53-46-32-10-5-6-12-36(32)52-43(57)28-35(34)46)26-41(40)66-29-44(58)51-19-21-64-23-25-65-24-22-63-20-18-50-37-13-7-11-33-45(37)49(61)55(48(33)60)39-15-17-42(56)54-47(39)59/h3,5-14,16,26-27,39,50H,2,4,15,17-25,28-29H2,1H3,(H,51,58)(H,52,57)(H,54,56,59). The second-order valence-electron chi connectivity index (χ2n) is 15.7. The van der Waals surface area contributed by atoms with Gasteiger partial charge in [-0.05, 0) is 77.9 Å². The number of piperidine rings is 1. The van der Waals surface area contributed by atoms with Crippen molar-refractivity contribution in [2.45, 2.75) is 38.1 Å². The number of methoxy groups -OCH3 is 1. The van der Waals surface area contributed by atoms with Gasteiger partial charge < -0.3 is 39.6 Å². The van der Waals surface area contributed by atoms with Crippen LogP contribution in [0.4, 0.5) is 11.4 Å². The van der Waals surface area contributed by atoms with Gasteiger partial charge in [-0.3, -0.25) is 39.0 Å². The number of pyridine rings is 1. The molecule has 17 heteroatoms. The van der Waals surface area contributed by atoms with E-state index in [-0.39, 0.29) is 62.0 Å². The van der Waals surface area contributed by atoms with Crippen LogP contribution in [0.15, 0.2) is 85.0 Å². The summed E-state index contributed by atoms with van der Waals surface area (Å²) in [7, 11) is 1.53. The van der Waals surface area contributed by atoms with Crippen molar-refractivity contribution in [3.8, 4) is 33.9 Å². The first kappa shape index (κ1) is 45.4. The highest BCUT2D eigenvalue weighted by Crippen LogP contribution is 2.42. The first-order valence-corrected chi connectivity index (χ1v) is 21.9. The van der Waals surface area contributed by atoms with Crippen molar-refractivity contribution in [1.29, 1.82) is 0 Å². The predicted molar refractivity (Wildman–Crippen MR) is 243 cm³/mol. The van der Waals surface area contributed by atoms with Gasteiger partial charge in [0.1, 0.15) is 6.04 Å². The van der Waals surface area contributed by atoms with Gasteiger partial charge in [0.2, 0.25) is 17.7 Å². The van der Waals surface area contributed by atoms with Crippen LogP contribution in [-0.2, 0) is 39.8 Å². The number of amides is 6. The van der Waals surface area contributed by atoms with E-state index in [1.54, 1.807) is 18.2 Å². The van der Waals surface area contributed by atoms with Crippen molar-refractivity contribution >= 4 is 52.4 Å². The molecular weight excluding hydrogens is 849 g/mol. The highest BCUT2D eigenvalue weighted by molar-refractivity contribution is 6.25. The van der Waals surface area contributed by atoms with E-state index in [1.807, 2.05) is 42.5 Å². The highest BCUT2D eigenvalue weighted by Gasteiger charge is 2.45. The highest BCUT2D eigenvalue weighted by atomic mass is 16.5. The summed E-state index contributed by atoms with van der Waals surface area (Å²) in [6.07, 6.45) is 8.52. The first-order chi connectivity index (χ1) is 32.2. The van der Waals surface area contributed by atoms with Gasteiger partial charge in [0.25, 0.3) is 17.7 Å².